The molecular weight excluding hydrogens is 176 g/mol. The van der Waals surface area contributed by atoms with Crippen LogP contribution in [0.5, 0.6) is 0 Å². The van der Waals surface area contributed by atoms with Crippen LogP contribution in [0.3, 0.4) is 0 Å². The van der Waals surface area contributed by atoms with Gasteiger partial charge >= 0.3 is 5.97 Å². The van der Waals surface area contributed by atoms with E-state index in [-0.39, 0.29) is 0 Å². The molecule has 0 spiro atoms. The highest BCUT2D eigenvalue weighted by Gasteiger charge is 2.12. The molecule has 0 saturated heterocycles. The SMILES string of the molecule is CC(CCN)SCC(N)C(=O)O. The van der Waals surface area contributed by atoms with Gasteiger partial charge in [0, 0.05) is 11.0 Å². The van der Waals surface area contributed by atoms with Crippen LogP contribution in [-0.2, 0) is 4.79 Å². The Morgan fingerprint density at radius 2 is 2.25 bits per heavy atom. The quantitative estimate of drug-likeness (QED) is 0.545. The topological polar surface area (TPSA) is 89.3 Å². The van der Waals surface area contributed by atoms with E-state index < -0.39 is 12.0 Å². The summed E-state index contributed by atoms with van der Waals surface area (Å²) < 4.78 is 0. The lowest BCUT2D eigenvalue weighted by Gasteiger charge is -2.11. The normalized spacial score (nSPS) is 15.6. The Kier molecular flexibility index (Phi) is 6.14. The maximum absolute atomic E-state index is 10.3. The summed E-state index contributed by atoms with van der Waals surface area (Å²) in [5.41, 5.74) is 10.6. The molecule has 0 radical (unpaired) electrons. The van der Waals surface area contributed by atoms with Gasteiger partial charge in [0.25, 0.3) is 0 Å². The molecule has 12 heavy (non-hydrogen) atoms. The number of rotatable bonds is 6. The largest absolute Gasteiger partial charge is 0.480 e. The minimum absolute atomic E-state index is 0.389. The van der Waals surface area contributed by atoms with Gasteiger partial charge in [-0.1, -0.05) is 6.92 Å². The van der Waals surface area contributed by atoms with Crippen molar-refractivity contribution < 1.29 is 9.90 Å². The molecule has 2 atom stereocenters. The van der Waals surface area contributed by atoms with E-state index in [2.05, 4.69) is 0 Å². The van der Waals surface area contributed by atoms with Crippen LogP contribution in [0.25, 0.3) is 0 Å². The molecule has 0 aromatic rings. The number of carbonyl (C=O) groups is 1. The van der Waals surface area contributed by atoms with Crippen molar-refractivity contribution in [1.82, 2.24) is 0 Å². The van der Waals surface area contributed by atoms with Crippen LogP contribution >= 0.6 is 11.8 Å². The molecule has 0 bridgehead atoms. The third-order valence-electron chi connectivity index (χ3n) is 1.45. The highest BCUT2D eigenvalue weighted by Crippen LogP contribution is 2.13. The van der Waals surface area contributed by atoms with Crippen molar-refractivity contribution >= 4 is 17.7 Å². The third-order valence-corrected chi connectivity index (χ3v) is 2.81. The van der Waals surface area contributed by atoms with Crippen LogP contribution in [0.1, 0.15) is 13.3 Å². The number of carboxylic acid groups (broad SMARTS) is 1. The molecule has 2 unspecified atom stereocenters. The summed E-state index contributed by atoms with van der Waals surface area (Å²) in [4.78, 5) is 10.3. The lowest BCUT2D eigenvalue weighted by Crippen LogP contribution is -2.33. The van der Waals surface area contributed by atoms with Gasteiger partial charge in [-0.3, -0.25) is 4.79 Å². The van der Waals surface area contributed by atoms with Gasteiger partial charge in [0.1, 0.15) is 6.04 Å². The van der Waals surface area contributed by atoms with E-state index in [1.54, 1.807) is 11.8 Å². The zero-order chi connectivity index (χ0) is 9.56. The maximum atomic E-state index is 10.3. The lowest BCUT2D eigenvalue weighted by molar-refractivity contribution is -0.137. The van der Waals surface area contributed by atoms with E-state index in [0.29, 0.717) is 17.5 Å². The Morgan fingerprint density at radius 1 is 1.67 bits per heavy atom. The van der Waals surface area contributed by atoms with Gasteiger partial charge in [0.15, 0.2) is 0 Å². The Bertz CT molecular complexity index is 143. The summed E-state index contributed by atoms with van der Waals surface area (Å²) in [6.07, 6.45) is 0.900. The third kappa shape index (κ3) is 5.40. The molecule has 0 saturated carbocycles. The highest BCUT2D eigenvalue weighted by molar-refractivity contribution is 7.99. The van der Waals surface area contributed by atoms with Gasteiger partial charge in [0.2, 0.25) is 0 Å². The molecule has 0 aromatic carbocycles. The molecule has 4 nitrogen and oxygen atoms in total. The number of hydrogen-bond donors (Lipinski definition) is 3. The van der Waals surface area contributed by atoms with Gasteiger partial charge in [0.05, 0.1) is 0 Å². The van der Waals surface area contributed by atoms with Crippen LogP contribution in [0.2, 0.25) is 0 Å². The summed E-state index contributed by atoms with van der Waals surface area (Å²) in [6.45, 7) is 2.66. The second kappa shape index (κ2) is 6.28. The zero-order valence-electron chi connectivity index (χ0n) is 7.19. The van der Waals surface area contributed by atoms with Crippen LogP contribution in [0.15, 0.2) is 0 Å². The van der Waals surface area contributed by atoms with E-state index in [0.717, 1.165) is 6.42 Å². The summed E-state index contributed by atoms with van der Waals surface area (Å²) in [5.74, 6) is -0.487. The molecule has 0 heterocycles. The first kappa shape index (κ1) is 11.7. The van der Waals surface area contributed by atoms with Crippen LogP contribution in [0.4, 0.5) is 0 Å². The first-order chi connectivity index (χ1) is 5.57. The van der Waals surface area contributed by atoms with Gasteiger partial charge in [-0.2, -0.15) is 11.8 Å². The average Bonchev–Trinajstić information content (AvgIpc) is 2.00. The lowest BCUT2D eigenvalue weighted by atomic mass is 10.3. The molecule has 0 aliphatic heterocycles. The molecule has 0 rings (SSSR count). The molecular formula is C7H16N2O2S. The van der Waals surface area contributed by atoms with Crippen LogP contribution < -0.4 is 11.5 Å². The predicted octanol–water partition coefficient (Wildman–Crippen LogP) is -0.131. The Labute approximate surface area is 76.7 Å². The van der Waals surface area contributed by atoms with Crippen molar-refractivity contribution in [2.75, 3.05) is 12.3 Å². The van der Waals surface area contributed by atoms with Crippen LogP contribution in [0, 0.1) is 0 Å². The molecule has 72 valence electrons. The number of aliphatic carboxylic acids is 1. The first-order valence-corrected chi connectivity index (χ1v) is 4.92. The predicted molar refractivity (Wildman–Crippen MR) is 51.2 cm³/mol. The van der Waals surface area contributed by atoms with E-state index >= 15 is 0 Å². The van der Waals surface area contributed by atoms with Gasteiger partial charge in [-0.25, -0.2) is 0 Å². The molecule has 0 amide bonds. The minimum atomic E-state index is -0.942. The van der Waals surface area contributed by atoms with E-state index in [1.165, 1.54) is 0 Å². The smallest absolute Gasteiger partial charge is 0.321 e. The molecule has 0 aliphatic rings. The summed E-state index contributed by atoms with van der Waals surface area (Å²) in [5, 5.41) is 8.85. The Balaban J connectivity index is 3.46. The summed E-state index contributed by atoms with van der Waals surface area (Å²) in [6, 6.07) is -0.754. The van der Waals surface area contributed by atoms with Crippen molar-refractivity contribution in [3.05, 3.63) is 0 Å². The Morgan fingerprint density at radius 3 is 2.67 bits per heavy atom. The minimum Gasteiger partial charge on any atom is -0.480 e. The molecule has 0 aromatic heterocycles. The molecule has 0 fully saturated rings. The van der Waals surface area contributed by atoms with Crippen molar-refractivity contribution in [1.29, 1.82) is 0 Å². The molecule has 5 heteroatoms. The van der Waals surface area contributed by atoms with Gasteiger partial charge in [-0.05, 0) is 13.0 Å². The first-order valence-electron chi connectivity index (χ1n) is 3.88. The number of thioether (sulfide) groups is 1. The van der Waals surface area contributed by atoms with Crippen molar-refractivity contribution in [2.45, 2.75) is 24.6 Å². The summed E-state index contributed by atoms with van der Waals surface area (Å²) >= 11 is 1.55. The van der Waals surface area contributed by atoms with E-state index in [4.69, 9.17) is 16.6 Å². The summed E-state index contributed by atoms with van der Waals surface area (Å²) in [7, 11) is 0. The van der Waals surface area contributed by atoms with Crippen LogP contribution in [-0.4, -0.2) is 34.7 Å². The van der Waals surface area contributed by atoms with Gasteiger partial charge in [-0.15, -0.1) is 0 Å². The fourth-order valence-electron chi connectivity index (χ4n) is 0.657. The molecule has 5 N–H and O–H groups in total. The van der Waals surface area contributed by atoms with E-state index in [9.17, 15) is 4.79 Å². The fourth-order valence-corrected chi connectivity index (χ4v) is 1.64. The monoisotopic (exact) mass is 192 g/mol. The van der Waals surface area contributed by atoms with Crippen molar-refractivity contribution in [3.63, 3.8) is 0 Å². The maximum Gasteiger partial charge on any atom is 0.321 e. The standard InChI is InChI=1S/C7H16N2O2S/c1-5(2-3-8)12-4-6(9)7(10)11/h5-6H,2-4,8-9H2,1H3,(H,10,11). The zero-order valence-corrected chi connectivity index (χ0v) is 8.01. The average molecular weight is 192 g/mol. The second-order valence-electron chi connectivity index (χ2n) is 2.67. The fraction of sp³-hybridized carbons (Fsp3) is 0.857. The number of carboxylic acids is 1. The second-order valence-corrected chi connectivity index (χ2v) is 4.14. The Hall–Kier alpha value is -0.260. The van der Waals surface area contributed by atoms with E-state index in [1.807, 2.05) is 6.92 Å². The number of hydrogen-bond acceptors (Lipinski definition) is 4. The van der Waals surface area contributed by atoms with Crippen molar-refractivity contribution in [3.8, 4) is 0 Å². The van der Waals surface area contributed by atoms with Gasteiger partial charge < -0.3 is 16.6 Å². The molecule has 0 aliphatic carbocycles. The number of nitrogens with two attached hydrogens (primary N) is 2. The van der Waals surface area contributed by atoms with Crippen molar-refractivity contribution in [2.24, 2.45) is 11.5 Å². The highest BCUT2D eigenvalue weighted by atomic mass is 32.2.